The van der Waals surface area contributed by atoms with Gasteiger partial charge in [-0.05, 0) is 20.0 Å². The second-order valence-electron chi connectivity index (χ2n) is 2.49. The fraction of sp³-hybridized carbons (Fsp3) is 1.00. The number of nitrogens with zero attached hydrogens (tertiary/aromatic N) is 1. The molecule has 0 bridgehead atoms. The third kappa shape index (κ3) is 14.3. The van der Waals surface area contributed by atoms with Crippen molar-refractivity contribution in [1.82, 2.24) is 4.90 Å². The molecule has 0 aliphatic rings. The number of hydrogen-bond acceptors (Lipinski definition) is 5. The van der Waals surface area contributed by atoms with Crippen molar-refractivity contribution >= 4 is 16.5 Å². The third-order valence-electron chi connectivity index (χ3n) is 1.52. The van der Waals surface area contributed by atoms with Gasteiger partial charge >= 0.3 is 16.5 Å². The van der Waals surface area contributed by atoms with E-state index in [-0.39, 0.29) is 6.23 Å². The Bertz CT molecular complexity index is 184. The van der Waals surface area contributed by atoms with Crippen LogP contribution in [0.2, 0.25) is 0 Å². The standard InChI is InChI=1S/C6H15NO.H4O5P2/c1-4-7(5-2)6(3)8;1-6(2)5-7(3)4/h6,8H,4-5H2,1-3H3;6-7H,(H,1,2)(H,3,4). The molecule has 3 atom stereocenters. The average molecular weight is 263 g/mol. The first kappa shape index (κ1) is 17.6. The molecule has 94 valence electrons. The first-order valence-electron chi connectivity index (χ1n) is 4.40. The van der Waals surface area contributed by atoms with Crippen LogP contribution >= 0.6 is 16.5 Å². The molecule has 0 aliphatic carbocycles. The van der Waals surface area contributed by atoms with E-state index in [1.807, 2.05) is 18.7 Å². The molecule has 15 heavy (non-hydrogen) atoms. The van der Waals surface area contributed by atoms with Crippen LogP contribution in [-0.4, -0.2) is 39.1 Å². The predicted molar refractivity (Wildman–Crippen MR) is 58.1 cm³/mol. The van der Waals surface area contributed by atoms with Gasteiger partial charge in [0.05, 0.1) is 0 Å². The molecule has 0 rings (SSSR count). The molecule has 0 aromatic rings. The van der Waals surface area contributed by atoms with Gasteiger partial charge in [0.1, 0.15) is 6.23 Å². The van der Waals surface area contributed by atoms with E-state index >= 15 is 0 Å². The van der Waals surface area contributed by atoms with E-state index in [9.17, 15) is 9.13 Å². The lowest BCUT2D eigenvalue weighted by Gasteiger charge is -2.20. The molecule has 0 aromatic carbocycles. The summed E-state index contributed by atoms with van der Waals surface area (Å²) in [6, 6.07) is 0. The average Bonchev–Trinajstić information content (AvgIpc) is 2.03. The monoisotopic (exact) mass is 263 g/mol. The lowest BCUT2D eigenvalue weighted by atomic mass is 10.5. The van der Waals surface area contributed by atoms with Crippen molar-refractivity contribution in [2.75, 3.05) is 13.1 Å². The Balaban J connectivity index is 0. The fourth-order valence-electron chi connectivity index (χ4n) is 0.827. The topological polar surface area (TPSA) is 107 Å². The van der Waals surface area contributed by atoms with Crippen LogP contribution in [-0.2, 0) is 13.4 Å². The van der Waals surface area contributed by atoms with Crippen molar-refractivity contribution in [2.45, 2.75) is 27.0 Å². The highest BCUT2D eigenvalue weighted by Gasteiger charge is 2.02. The summed E-state index contributed by atoms with van der Waals surface area (Å²) in [7, 11) is -6.40. The number of aliphatic hydroxyl groups is 1. The van der Waals surface area contributed by atoms with Gasteiger partial charge in [0.2, 0.25) is 0 Å². The molecule has 0 saturated carbocycles. The van der Waals surface area contributed by atoms with E-state index in [0.29, 0.717) is 0 Å². The predicted octanol–water partition coefficient (Wildman–Crippen LogP) is 0.433. The van der Waals surface area contributed by atoms with Gasteiger partial charge in [0, 0.05) is 0 Å². The zero-order valence-corrected chi connectivity index (χ0v) is 11.0. The fourth-order valence-corrected chi connectivity index (χ4v) is 1.42. The van der Waals surface area contributed by atoms with Crippen LogP contribution in [0.4, 0.5) is 0 Å². The highest BCUT2D eigenvalue weighted by atomic mass is 31.2. The number of aliphatic hydroxyl groups excluding tert-OH is 1. The molecule has 7 nitrogen and oxygen atoms in total. The summed E-state index contributed by atoms with van der Waals surface area (Å²) in [5, 5.41) is 8.94. The van der Waals surface area contributed by atoms with Crippen molar-refractivity contribution < 1.29 is 28.3 Å². The maximum absolute atomic E-state index is 9.44. The second kappa shape index (κ2) is 10.8. The second-order valence-corrected chi connectivity index (χ2v) is 4.37. The first-order valence-corrected chi connectivity index (χ1v) is 6.93. The summed E-state index contributed by atoms with van der Waals surface area (Å²) in [4.78, 5) is 17.4. The van der Waals surface area contributed by atoms with Gasteiger partial charge in [-0.3, -0.25) is 14.0 Å². The lowest BCUT2D eigenvalue weighted by molar-refractivity contribution is 0.0265. The summed E-state index contributed by atoms with van der Waals surface area (Å²) in [5.41, 5.74) is 0. The van der Waals surface area contributed by atoms with Crippen molar-refractivity contribution in [2.24, 2.45) is 0 Å². The van der Waals surface area contributed by atoms with Crippen molar-refractivity contribution in [3.05, 3.63) is 0 Å². The Hall–Kier alpha value is 0.260. The van der Waals surface area contributed by atoms with Crippen LogP contribution < -0.4 is 0 Å². The van der Waals surface area contributed by atoms with Crippen LogP contribution in [0.5, 0.6) is 0 Å². The summed E-state index contributed by atoms with van der Waals surface area (Å²) >= 11 is 0. The molecule has 0 fully saturated rings. The largest absolute Gasteiger partial charge is 0.379 e. The summed E-state index contributed by atoms with van der Waals surface area (Å²) in [6.45, 7) is 7.71. The summed E-state index contributed by atoms with van der Waals surface area (Å²) in [5.74, 6) is 0. The van der Waals surface area contributed by atoms with Crippen molar-refractivity contribution in [3.63, 3.8) is 0 Å². The van der Waals surface area contributed by atoms with Gasteiger partial charge in [-0.1, -0.05) is 13.8 Å². The van der Waals surface area contributed by atoms with Crippen LogP contribution in [0.3, 0.4) is 0 Å². The molecular formula is C6H19NO6P2. The Labute approximate surface area is 90.6 Å². The molecule has 9 heteroatoms. The van der Waals surface area contributed by atoms with Crippen molar-refractivity contribution in [3.8, 4) is 0 Å². The van der Waals surface area contributed by atoms with Gasteiger partial charge in [0.15, 0.2) is 0 Å². The molecule has 0 saturated heterocycles. The maximum atomic E-state index is 9.44. The summed E-state index contributed by atoms with van der Waals surface area (Å²) in [6.07, 6.45) is -0.287. The van der Waals surface area contributed by atoms with Crippen LogP contribution in [0.15, 0.2) is 0 Å². The lowest BCUT2D eigenvalue weighted by Crippen LogP contribution is -2.32. The smallest absolute Gasteiger partial charge is 0.323 e. The molecule has 3 N–H and O–H groups in total. The Morgan fingerprint density at radius 1 is 1.20 bits per heavy atom. The van der Waals surface area contributed by atoms with Crippen LogP contribution in [0.1, 0.15) is 20.8 Å². The minimum atomic E-state index is -3.20. The van der Waals surface area contributed by atoms with E-state index in [1.165, 1.54) is 0 Å². The Morgan fingerprint density at radius 2 is 1.53 bits per heavy atom. The SMILES string of the molecule is CCN(CC)C(C)O.O=[PH](O)O[PH](=O)O. The third-order valence-corrected chi connectivity index (χ3v) is 2.91. The molecule has 0 aromatic heterocycles. The molecule has 0 aliphatic heterocycles. The highest BCUT2D eigenvalue weighted by Crippen LogP contribution is 2.30. The molecule has 0 spiro atoms. The summed E-state index contributed by atoms with van der Waals surface area (Å²) < 4.78 is 22.3. The van der Waals surface area contributed by atoms with Gasteiger partial charge in [-0.15, -0.1) is 0 Å². The normalized spacial score (nSPS) is 16.5. The van der Waals surface area contributed by atoms with Gasteiger partial charge < -0.3 is 14.9 Å². The maximum Gasteiger partial charge on any atom is 0.323 e. The van der Waals surface area contributed by atoms with E-state index in [2.05, 4.69) is 4.31 Å². The van der Waals surface area contributed by atoms with Gasteiger partial charge in [0.25, 0.3) is 0 Å². The molecule has 0 amide bonds. The minimum absolute atomic E-state index is 0.287. The minimum Gasteiger partial charge on any atom is -0.379 e. The van der Waals surface area contributed by atoms with E-state index in [1.54, 1.807) is 6.92 Å². The molecule has 3 unspecified atom stereocenters. The van der Waals surface area contributed by atoms with Gasteiger partial charge in [-0.2, -0.15) is 0 Å². The van der Waals surface area contributed by atoms with E-state index < -0.39 is 16.5 Å². The highest BCUT2D eigenvalue weighted by molar-refractivity contribution is 7.46. The quantitative estimate of drug-likeness (QED) is 0.487. The van der Waals surface area contributed by atoms with E-state index in [0.717, 1.165) is 13.1 Å². The van der Waals surface area contributed by atoms with Crippen LogP contribution in [0.25, 0.3) is 0 Å². The number of rotatable bonds is 5. The van der Waals surface area contributed by atoms with Crippen LogP contribution in [0, 0.1) is 0 Å². The Kier molecular flexibility index (Phi) is 12.7. The van der Waals surface area contributed by atoms with Crippen molar-refractivity contribution in [1.29, 1.82) is 0 Å². The zero-order valence-electron chi connectivity index (χ0n) is 9.01. The molecule has 0 heterocycles. The molecule has 0 radical (unpaired) electrons. The Morgan fingerprint density at radius 3 is 1.53 bits per heavy atom. The number of hydrogen-bond donors (Lipinski definition) is 3. The van der Waals surface area contributed by atoms with E-state index in [4.69, 9.17) is 14.9 Å². The van der Waals surface area contributed by atoms with Gasteiger partial charge in [-0.25, -0.2) is 4.31 Å². The molecular weight excluding hydrogens is 244 g/mol. The zero-order chi connectivity index (χ0) is 12.4. The first-order chi connectivity index (χ1) is 6.84.